The van der Waals surface area contributed by atoms with Crippen LogP contribution >= 0.6 is 0 Å². The molecule has 0 radical (unpaired) electrons. The molecule has 0 atom stereocenters. The first kappa shape index (κ1) is 16.4. The highest BCUT2D eigenvalue weighted by molar-refractivity contribution is 5.92. The first-order valence-corrected chi connectivity index (χ1v) is 7.67. The predicted octanol–water partition coefficient (Wildman–Crippen LogP) is 2.55. The second-order valence-electron chi connectivity index (χ2n) is 5.17. The van der Waals surface area contributed by atoms with Crippen molar-refractivity contribution in [1.29, 1.82) is 0 Å². The zero-order valence-electron chi connectivity index (χ0n) is 13.6. The van der Waals surface area contributed by atoms with Gasteiger partial charge in [-0.25, -0.2) is 0 Å². The molecule has 3 aromatic rings. The third kappa shape index (κ3) is 4.29. The molecule has 0 bridgehead atoms. The number of ether oxygens (including phenoxy) is 1. The summed E-state index contributed by atoms with van der Waals surface area (Å²) in [6, 6.07) is 14.5. The van der Waals surface area contributed by atoms with Gasteiger partial charge in [-0.1, -0.05) is 18.2 Å². The Morgan fingerprint density at radius 1 is 1.08 bits per heavy atom. The number of nitrogens with zero attached hydrogens (tertiary/aromatic N) is 3. The standard InChI is InChI=1S/C18H17N5O2/c1-25-16-7-3-2-6-14(16)21-17-9-8-15(22-23-17)18(24)20-12-13-5-4-10-19-11-13/h2-11H,12H2,1H3,(H,20,24)(H,21,23). The molecule has 0 spiro atoms. The summed E-state index contributed by atoms with van der Waals surface area (Å²) in [5.74, 6) is 0.927. The van der Waals surface area contributed by atoms with Gasteiger partial charge in [0, 0.05) is 18.9 Å². The SMILES string of the molecule is COc1ccccc1Nc1ccc(C(=O)NCc2cccnc2)nn1. The molecule has 7 nitrogen and oxygen atoms in total. The van der Waals surface area contributed by atoms with Crippen molar-refractivity contribution >= 4 is 17.4 Å². The van der Waals surface area contributed by atoms with Gasteiger partial charge in [-0.15, -0.1) is 10.2 Å². The van der Waals surface area contributed by atoms with Crippen molar-refractivity contribution in [3.8, 4) is 5.75 Å². The molecule has 1 amide bonds. The smallest absolute Gasteiger partial charge is 0.272 e. The van der Waals surface area contributed by atoms with Gasteiger partial charge in [0.05, 0.1) is 12.8 Å². The predicted molar refractivity (Wildman–Crippen MR) is 93.7 cm³/mol. The molecular formula is C18H17N5O2. The Morgan fingerprint density at radius 2 is 1.96 bits per heavy atom. The Kier molecular flexibility index (Phi) is 5.16. The fourth-order valence-corrected chi connectivity index (χ4v) is 2.18. The van der Waals surface area contributed by atoms with Crippen molar-refractivity contribution in [2.45, 2.75) is 6.54 Å². The molecule has 1 aromatic carbocycles. The topological polar surface area (TPSA) is 89.0 Å². The molecule has 25 heavy (non-hydrogen) atoms. The van der Waals surface area contributed by atoms with E-state index in [-0.39, 0.29) is 11.6 Å². The zero-order valence-corrected chi connectivity index (χ0v) is 13.6. The molecule has 2 aromatic heterocycles. The number of anilines is 2. The molecule has 0 fully saturated rings. The Hall–Kier alpha value is -3.48. The van der Waals surface area contributed by atoms with Crippen LogP contribution in [0.15, 0.2) is 60.9 Å². The van der Waals surface area contributed by atoms with Crippen molar-refractivity contribution in [2.75, 3.05) is 12.4 Å². The van der Waals surface area contributed by atoms with Crippen molar-refractivity contribution in [2.24, 2.45) is 0 Å². The summed E-state index contributed by atoms with van der Waals surface area (Å²) in [6.45, 7) is 0.384. The molecular weight excluding hydrogens is 318 g/mol. The average Bonchev–Trinajstić information content (AvgIpc) is 2.68. The van der Waals surface area contributed by atoms with E-state index in [1.54, 1.807) is 31.6 Å². The molecule has 7 heteroatoms. The lowest BCUT2D eigenvalue weighted by Gasteiger charge is -2.10. The quantitative estimate of drug-likeness (QED) is 0.720. The fraction of sp³-hybridized carbons (Fsp3) is 0.111. The van der Waals surface area contributed by atoms with Gasteiger partial charge >= 0.3 is 0 Å². The van der Waals surface area contributed by atoms with Crippen molar-refractivity contribution in [3.63, 3.8) is 0 Å². The number of nitrogens with one attached hydrogen (secondary N) is 2. The maximum Gasteiger partial charge on any atom is 0.272 e. The summed E-state index contributed by atoms with van der Waals surface area (Å²) in [7, 11) is 1.60. The largest absolute Gasteiger partial charge is 0.495 e. The van der Waals surface area contributed by atoms with Gasteiger partial charge in [-0.3, -0.25) is 9.78 Å². The van der Waals surface area contributed by atoms with E-state index < -0.39 is 0 Å². The van der Waals surface area contributed by atoms with E-state index >= 15 is 0 Å². The van der Waals surface area contributed by atoms with Crippen LogP contribution in [0.25, 0.3) is 0 Å². The summed E-state index contributed by atoms with van der Waals surface area (Å²) in [4.78, 5) is 16.1. The van der Waals surface area contributed by atoms with Gasteiger partial charge in [-0.05, 0) is 35.9 Å². The maximum atomic E-state index is 12.1. The number of pyridine rings is 1. The van der Waals surface area contributed by atoms with E-state index in [9.17, 15) is 4.79 Å². The van der Waals surface area contributed by atoms with E-state index in [0.717, 1.165) is 11.3 Å². The highest BCUT2D eigenvalue weighted by atomic mass is 16.5. The molecule has 0 aliphatic heterocycles. The van der Waals surface area contributed by atoms with Crippen LogP contribution in [0.1, 0.15) is 16.1 Å². The van der Waals surface area contributed by atoms with Gasteiger partial charge in [0.2, 0.25) is 0 Å². The lowest BCUT2D eigenvalue weighted by Crippen LogP contribution is -2.24. The van der Waals surface area contributed by atoms with Crippen LogP contribution in [0.5, 0.6) is 5.75 Å². The van der Waals surface area contributed by atoms with Crippen LogP contribution < -0.4 is 15.4 Å². The fourth-order valence-electron chi connectivity index (χ4n) is 2.18. The van der Waals surface area contributed by atoms with Crippen LogP contribution in [0, 0.1) is 0 Å². The molecule has 0 saturated carbocycles. The first-order chi connectivity index (χ1) is 12.3. The average molecular weight is 335 g/mol. The third-order valence-corrected chi connectivity index (χ3v) is 3.44. The lowest BCUT2D eigenvalue weighted by atomic mass is 10.2. The molecule has 126 valence electrons. The Bertz CT molecular complexity index is 838. The van der Waals surface area contributed by atoms with Crippen LogP contribution in [-0.4, -0.2) is 28.2 Å². The number of aromatic nitrogens is 3. The molecule has 0 aliphatic carbocycles. The van der Waals surface area contributed by atoms with E-state index in [1.165, 1.54) is 0 Å². The molecule has 0 saturated heterocycles. The summed E-state index contributed by atoms with van der Waals surface area (Å²) in [5, 5.41) is 13.9. The van der Waals surface area contributed by atoms with E-state index in [1.807, 2.05) is 36.4 Å². The first-order valence-electron chi connectivity index (χ1n) is 7.67. The van der Waals surface area contributed by atoms with Gasteiger partial charge in [0.25, 0.3) is 5.91 Å². The minimum atomic E-state index is -0.291. The third-order valence-electron chi connectivity index (χ3n) is 3.44. The van der Waals surface area contributed by atoms with Crippen molar-refractivity contribution < 1.29 is 9.53 Å². The Labute approximate surface area is 145 Å². The second kappa shape index (κ2) is 7.87. The molecule has 0 aliphatic rings. The minimum absolute atomic E-state index is 0.245. The number of benzene rings is 1. The number of amides is 1. The number of hydrogen-bond donors (Lipinski definition) is 2. The van der Waals surface area contributed by atoms with Gasteiger partial charge in [-0.2, -0.15) is 0 Å². The summed E-state index contributed by atoms with van der Waals surface area (Å²) in [6.07, 6.45) is 3.39. The summed E-state index contributed by atoms with van der Waals surface area (Å²) >= 11 is 0. The van der Waals surface area contributed by atoms with Crippen LogP contribution in [0.3, 0.4) is 0 Å². The van der Waals surface area contributed by atoms with Gasteiger partial charge < -0.3 is 15.4 Å². The van der Waals surface area contributed by atoms with E-state index in [4.69, 9.17) is 4.74 Å². The Balaban J connectivity index is 1.62. The van der Waals surface area contributed by atoms with Gasteiger partial charge in [0.15, 0.2) is 11.5 Å². The van der Waals surface area contributed by atoms with E-state index in [2.05, 4.69) is 25.8 Å². The van der Waals surface area contributed by atoms with Crippen LogP contribution in [0.2, 0.25) is 0 Å². The molecule has 3 rings (SSSR count). The number of para-hydroxylation sites is 2. The molecule has 2 heterocycles. The second-order valence-corrected chi connectivity index (χ2v) is 5.17. The normalized spacial score (nSPS) is 10.1. The minimum Gasteiger partial charge on any atom is -0.495 e. The number of methoxy groups -OCH3 is 1. The summed E-state index contributed by atoms with van der Waals surface area (Å²) in [5.41, 5.74) is 1.93. The summed E-state index contributed by atoms with van der Waals surface area (Å²) < 4.78 is 5.27. The lowest BCUT2D eigenvalue weighted by molar-refractivity contribution is 0.0945. The van der Waals surface area contributed by atoms with Crippen molar-refractivity contribution in [3.05, 3.63) is 72.2 Å². The van der Waals surface area contributed by atoms with Crippen molar-refractivity contribution in [1.82, 2.24) is 20.5 Å². The number of hydrogen-bond acceptors (Lipinski definition) is 6. The molecule has 2 N–H and O–H groups in total. The molecule has 0 unspecified atom stereocenters. The van der Waals surface area contributed by atoms with E-state index in [0.29, 0.717) is 18.1 Å². The number of carbonyl (C=O) groups is 1. The zero-order chi connectivity index (χ0) is 17.5. The maximum absolute atomic E-state index is 12.1. The highest BCUT2D eigenvalue weighted by Crippen LogP contribution is 2.25. The number of carbonyl (C=O) groups excluding carboxylic acids is 1. The van der Waals surface area contributed by atoms with Crippen LogP contribution in [-0.2, 0) is 6.54 Å². The van der Waals surface area contributed by atoms with Gasteiger partial charge in [0.1, 0.15) is 5.75 Å². The highest BCUT2D eigenvalue weighted by Gasteiger charge is 2.09. The Morgan fingerprint density at radius 3 is 2.68 bits per heavy atom. The monoisotopic (exact) mass is 335 g/mol. The van der Waals surface area contributed by atoms with Crippen LogP contribution in [0.4, 0.5) is 11.5 Å². The number of rotatable bonds is 6.